The minimum absolute atomic E-state index is 0.000970. The van der Waals surface area contributed by atoms with E-state index in [9.17, 15) is 18.0 Å². The molecular formula is C15H13NO5S. The van der Waals surface area contributed by atoms with Crippen LogP contribution in [0.15, 0.2) is 47.4 Å². The molecule has 22 heavy (non-hydrogen) atoms. The van der Waals surface area contributed by atoms with Crippen LogP contribution in [0.4, 0.5) is 0 Å². The van der Waals surface area contributed by atoms with Crippen LogP contribution < -0.4 is 0 Å². The SMILES string of the molecule is O=C(O)[C@H]1CCC(=O)N1S(=O)(=O)c1ccc2ccccc2c1. The van der Waals surface area contributed by atoms with Crippen LogP contribution in [0.2, 0.25) is 0 Å². The van der Waals surface area contributed by atoms with Crippen LogP contribution in [0, 0.1) is 0 Å². The van der Waals surface area contributed by atoms with Crippen molar-refractivity contribution >= 4 is 32.7 Å². The minimum Gasteiger partial charge on any atom is -0.480 e. The molecule has 1 amide bonds. The van der Waals surface area contributed by atoms with Crippen LogP contribution in [-0.2, 0) is 19.6 Å². The Hall–Kier alpha value is -2.41. The Morgan fingerprint density at radius 1 is 1.14 bits per heavy atom. The molecule has 1 atom stereocenters. The van der Waals surface area contributed by atoms with Gasteiger partial charge in [-0.05, 0) is 29.3 Å². The van der Waals surface area contributed by atoms with Crippen molar-refractivity contribution in [3.63, 3.8) is 0 Å². The van der Waals surface area contributed by atoms with Crippen molar-refractivity contribution in [3.05, 3.63) is 42.5 Å². The summed E-state index contributed by atoms with van der Waals surface area (Å²) >= 11 is 0. The van der Waals surface area contributed by atoms with Crippen molar-refractivity contribution in [2.45, 2.75) is 23.8 Å². The van der Waals surface area contributed by atoms with E-state index >= 15 is 0 Å². The molecule has 114 valence electrons. The average Bonchev–Trinajstić information content (AvgIpc) is 2.89. The second-order valence-corrected chi connectivity index (χ2v) is 6.91. The molecule has 0 aliphatic carbocycles. The number of carbonyl (C=O) groups is 2. The van der Waals surface area contributed by atoms with Gasteiger partial charge in [-0.1, -0.05) is 30.3 Å². The molecule has 1 heterocycles. The zero-order valence-electron chi connectivity index (χ0n) is 11.5. The maximum Gasteiger partial charge on any atom is 0.327 e. The van der Waals surface area contributed by atoms with Crippen LogP contribution >= 0.6 is 0 Å². The maximum absolute atomic E-state index is 12.6. The third-order valence-corrected chi connectivity index (χ3v) is 5.55. The summed E-state index contributed by atoms with van der Waals surface area (Å²) in [6.45, 7) is 0. The van der Waals surface area contributed by atoms with Gasteiger partial charge in [-0.3, -0.25) is 4.79 Å². The molecule has 3 rings (SSSR count). The number of carboxylic acids is 1. The summed E-state index contributed by atoms with van der Waals surface area (Å²) in [6.07, 6.45) is -0.0786. The van der Waals surface area contributed by atoms with E-state index in [2.05, 4.69) is 0 Å². The highest BCUT2D eigenvalue weighted by Crippen LogP contribution is 2.29. The molecule has 1 saturated heterocycles. The van der Waals surface area contributed by atoms with E-state index in [1.54, 1.807) is 18.2 Å². The Labute approximate surface area is 127 Å². The largest absolute Gasteiger partial charge is 0.480 e. The van der Waals surface area contributed by atoms with Crippen LogP contribution in [0.25, 0.3) is 10.8 Å². The lowest BCUT2D eigenvalue weighted by Gasteiger charge is -2.21. The number of hydrogen-bond donors (Lipinski definition) is 1. The van der Waals surface area contributed by atoms with Gasteiger partial charge in [0.05, 0.1) is 4.90 Å². The summed E-state index contributed by atoms with van der Waals surface area (Å²) in [5.74, 6) is -1.99. The standard InChI is InChI=1S/C15H13NO5S/c17-14-8-7-13(15(18)19)16(14)22(20,21)12-6-5-10-3-1-2-4-11(10)9-12/h1-6,9,13H,7-8H2,(H,18,19)/t13-/m1/s1. The highest BCUT2D eigenvalue weighted by molar-refractivity contribution is 7.89. The normalized spacial score (nSPS) is 18.8. The molecule has 0 unspecified atom stereocenters. The van der Waals surface area contributed by atoms with Gasteiger partial charge in [0, 0.05) is 6.42 Å². The third kappa shape index (κ3) is 2.23. The number of hydrogen-bond acceptors (Lipinski definition) is 4. The Kier molecular flexibility index (Phi) is 3.37. The van der Waals surface area contributed by atoms with Crippen molar-refractivity contribution in [1.29, 1.82) is 0 Å². The number of benzene rings is 2. The first-order valence-corrected chi connectivity index (χ1v) is 8.14. The van der Waals surface area contributed by atoms with Gasteiger partial charge >= 0.3 is 5.97 Å². The summed E-state index contributed by atoms with van der Waals surface area (Å²) in [5.41, 5.74) is 0. The van der Waals surface area contributed by atoms with Crippen molar-refractivity contribution in [2.75, 3.05) is 0 Å². The van der Waals surface area contributed by atoms with E-state index in [-0.39, 0.29) is 17.7 Å². The molecule has 0 spiro atoms. The molecule has 0 radical (unpaired) electrons. The van der Waals surface area contributed by atoms with E-state index in [4.69, 9.17) is 5.11 Å². The number of fused-ring (bicyclic) bond motifs is 1. The predicted molar refractivity (Wildman–Crippen MR) is 78.6 cm³/mol. The number of sulfonamides is 1. The molecule has 1 aliphatic rings. The molecule has 0 bridgehead atoms. The highest BCUT2D eigenvalue weighted by atomic mass is 32.2. The fraction of sp³-hybridized carbons (Fsp3) is 0.200. The molecule has 1 N–H and O–H groups in total. The summed E-state index contributed by atoms with van der Waals surface area (Å²) in [4.78, 5) is 23.0. The molecule has 1 aliphatic heterocycles. The molecule has 2 aromatic carbocycles. The van der Waals surface area contributed by atoms with Gasteiger partial charge in [0.2, 0.25) is 5.91 Å². The second kappa shape index (κ2) is 5.10. The lowest BCUT2D eigenvalue weighted by molar-refractivity contribution is -0.143. The Morgan fingerprint density at radius 2 is 1.82 bits per heavy atom. The minimum atomic E-state index is -4.17. The van der Waals surface area contributed by atoms with Gasteiger partial charge in [0.1, 0.15) is 6.04 Å². The second-order valence-electron chi connectivity index (χ2n) is 5.10. The van der Waals surface area contributed by atoms with E-state index in [0.29, 0.717) is 9.69 Å². The third-order valence-electron chi connectivity index (χ3n) is 3.72. The Bertz CT molecular complexity index is 874. The van der Waals surface area contributed by atoms with Gasteiger partial charge in [0.15, 0.2) is 0 Å². The van der Waals surface area contributed by atoms with Crippen LogP contribution in [0.3, 0.4) is 0 Å². The summed E-state index contributed by atoms with van der Waals surface area (Å²) in [5, 5.41) is 10.7. The first-order chi connectivity index (χ1) is 10.4. The van der Waals surface area contributed by atoms with Crippen molar-refractivity contribution in [3.8, 4) is 0 Å². The molecule has 1 fully saturated rings. The van der Waals surface area contributed by atoms with E-state index in [0.717, 1.165) is 5.39 Å². The number of amides is 1. The average molecular weight is 319 g/mol. The molecular weight excluding hydrogens is 306 g/mol. The van der Waals surface area contributed by atoms with Gasteiger partial charge < -0.3 is 5.11 Å². The molecule has 0 saturated carbocycles. The quantitative estimate of drug-likeness (QED) is 0.928. The fourth-order valence-electron chi connectivity index (χ4n) is 2.63. The number of carbonyl (C=O) groups excluding carboxylic acids is 1. The van der Waals surface area contributed by atoms with Crippen molar-refractivity contribution in [2.24, 2.45) is 0 Å². The zero-order chi connectivity index (χ0) is 15.9. The first kappa shape index (κ1) is 14.5. The van der Waals surface area contributed by atoms with Crippen LogP contribution in [0.5, 0.6) is 0 Å². The molecule has 2 aromatic rings. The summed E-state index contributed by atoms with van der Waals surface area (Å²) in [6, 6.07) is 10.4. The smallest absolute Gasteiger partial charge is 0.327 e. The number of carboxylic acid groups (broad SMARTS) is 1. The maximum atomic E-state index is 12.6. The lowest BCUT2D eigenvalue weighted by atomic mass is 10.1. The van der Waals surface area contributed by atoms with Gasteiger partial charge in [-0.25, -0.2) is 17.5 Å². The van der Waals surface area contributed by atoms with E-state index in [1.807, 2.05) is 12.1 Å². The van der Waals surface area contributed by atoms with Gasteiger partial charge in [0.25, 0.3) is 10.0 Å². The Balaban J connectivity index is 2.11. The highest BCUT2D eigenvalue weighted by Gasteiger charge is 2.44. The van der Waals surface area contributed by atoms with E-state index < -0.39 is 27.9 Å². The van der Waals surface area contributed by atoms with Crippen LogP contribution in [-0.4, -0.2) is 35.7 Å². The topological polar surface area (TPSA) is 91.8 Å². The monoisotopic (exact) mass is 319 g/mol. The van der Waals surface area contributed by atoms with Gasteiger partial charge in [-0.2, -0.15) is 0 Å². The number of aliphatic carboxylic acids is 1. The predicted octanol–water partition coefficient (Wildman–Crippen LogP) is 1.60. The van der Waals surface area contributed by atoms with E-state index in [1.165, 1.54) is 12.1 Å². The summed E-state index contributed by atoms with van der Waals surface area (Å²) < 4.78 is 25.8. The van der Waals surface area contributed by atoms with Crippen LogP contribution in [0.1, 0.15) is 12.8 Å². The van der Waals surface area contributed by atoms with Crippen molar-refractivity contribution in [1.82, 2.24) is 4.31 Å². The molecule has 6 nitrogen and oxygen atoms in total. The van der Waals surface area contributed by atoms with Gasteiger partial charge in [-0.15, -0.1) is 0 Å². The molecule has 7 heteroatoms. The Morgan fingerprint density at radius 3 is 2.50 bits per heavy atom. The summed E-state index contributed by atoms with van der Waals surface area (Å²) in [7, 11) is -4.17. The molecule has 0 aromatic heterocycles. The zero-order valence-corrected chi connectivity index (χ0v) is 12.3. The first-order valence-electron chi connectivity index (χ1n) is 6.70. The fourth-order valence-corrected chi connectivity index (χ4v) is 4.26. The number of nitrogens with zero attached hydrogens (tertiary/aromatic N) is 1. The van der Waals surface area contributed by atoms with Crippen molar-refractivity contribution < 1.29 is 23.1 Å². The lowest BCUT2D eigenvalue weighted by Crippen LogP contribution is -2.42. The number of rotatable bonds is 3.